The zero-order chi connectivity index (χ0) is 26.8. The van der Waals surface area contributed by atoms with E-state index in [0.717, 1.165) is 36.5 Å². The maximum atomic E-state index is 12.9. The lowest BCUT2D eigenvalue weighted by Crippen LogP contribution is -2.30. The lowest BCUT2D eigenvalue weighted by molar-refractivity contribution is -0.137. The molecule has 196 valence electrons. The smallest absolute Gasteiger partial charge is 0.343 e. The zero-order valence-corrected chi connectivity index (χ0v) is 21.9. The number of Topliss-reactive ketones (excluding diaryl/α,β-unsaturated/α-hetero) is 1. The summed E-state index contributed by atoms with van der Waals surface area (Å²) < 4.78 is 16.1. The number of hydrogen-bond acceptors (Lipinski definition) is 6. The van der Waals surface area contributed by atoms with Gasteiger partial charge in [-0.25, -0.2) is 9.59 Å². The van der Waals surface area contributed by atoms with Crippen molar-refractivity contribution in [2.75, 3.05) is 13.2 Å². The minimum Gasteiger partial charge on any atom is -0.494 e. The Bertz CT molecular complexity index is 1110. The fraction of sp³-hybridized carbons (Fsp3) is 0.387. The van der Waals surface area contributed by atoms with Crippen LogP contribution in [-0.4, -0.2) is 30.9 Å². The van der Waals surface area contributed by atoms with E-state index >= 15 is 0 Å². The van der Waals surface area contributed by atoms with E-state index in [1.165, 1.54) is 0 Å². The van der Waals surface area contributed by atoms with Gasteiger partial charge in [0.2, 0.25) is 0 Å². The molecule has 37 heavy (non-hydrogen) atoms. The second-order valence-electron chi connectivity index (χ2n) is 9.70. The molecule has 0 amide bonds. The van der Waals surface area contributed by atoms with Crippen LogP contribution >= 0.6 is 0 Å². The van der Waals surface area contributed by atoms with E-state index in [4.69, 9.17) is 14.2 Å². The van der Waals surface area contributed by atoms with Gasteiger partial charge >= 0.3 is 11.9 Å². The molecule has 0 heterocycles. The molecule has 2 atom stereocenters. The normalized spacial score (nSPS) is 18.5. The Kier molecular flexibility index (Phi) is 10.2. The van der Waals surface area contributed by atoms with Crippen LogP contribution in [0.4, 0.5) is 0 Å². The maximum Gasteiger partial charge on any atom is 0.343 e. The Morgan fingerprint density at radius 1 is 0.973 bits per heavy atom. The van der Waals surface area contributed by atoms with Crippen molar-refractivity contribution in [2.24, 2.45) is 17.8 Å². The largest absolute Gasteiger partial charge is 0.494 e. The summed E-state index contributed by atoms with van der Waals surface area (Å²) in [5.41, 5.74) is 2.21. The first-order valence-electron chi connectivity index (χ1n) is 12.9. The number of rotatable bonds is 11. The van der Waals surface area contributed by atoms with Gasteiger partial charge < -0.3 is 14.2 Å². The van der Waals surface area contributed by atoms with Crippen molar-refractivity contribution in [3.8, 4) is 11.5 Å². The van der Waals surface area contributed by atoms with Crippen molar-refractivity contribution in [2.45, 2.75) is 46.5 Å². The van der Waals surface area contributed by atoms with Gasteiger partial charge in [-0.3, -0.25) is 4.79 Å². The van der Waals surface area contributed by atoms with E-state index < -0.39 is 11.9 Å². The summed E-state index contributed by atoms with van der Waals surface area (Å²) in [6, 6.07) is 14.0. The highest BCUT2D eigenvalue weighted by Crippen LogP contribution is 2.35. The Morgan fingerprint density at radius 3 is 2.27 bits per heavy atom. The monoisotopic (exact) mass is 504 g/mol. The van der Waals surface area contributed by atoms with Crippen LogP contribution in [-0.2, 0) is 14.3 Å². The Balaban J connectivity index is 1.50. The van der Waals surface area contributed by atoms with Gasteiger partial charge in [-0.15, -0.1) is 0 Å². The van der Waals surface area contributed by atoms with E-state index in [2.05, 4.69) is 27.4 Å². The number of benzene rings is 2. The zero-order valence-electron chi connectivity index (χ0n) is 21.9. The summed E-state index contributed by atoms with van der Waals surface area (Å²) >= 11 is 0. The van der Waals surface area contributed by atoms with Crippen molar-refractivity contribution in [1.82, 2.24) is 0 Å². The molecule has 2 aromatic carbocycles. The molecule has 1 saturated carbocycles. The summed E-state index contributed by atoms with van der Waals surface area (Å²) in [5.74, 6) is 1.12. The Morgan fingerprint density at radius 2 is 1.62 bits per heavy atom. The Labute approximate surface area is 219 Å². The number of carbonyl (C=O) groups is 3. The fourth-order valence-corrected chi connectivity index (χ4v) is 4.31. The number of unbranched alkanes of at least 4 members (excludes halogenated alkanes) is 1. The highest BCUT2D eigenvalue weighted by Gasteiger charge is 2.32. The third kappa shape index (κ3) is 8.17. The SMILES string of the molecule is C=CC(=O)OCCCCOc1ccc(C(=O)Oc2ccc(/C=C3/C(=O)[C@H](C(C)C)CC[C@H]3C)cc2)cc1. The van der Waals surface area contributed by atoms with Gasteiger partial charge in [0.25, 0.3) is 0 Å². The van der Waals surface area contributed by atoms with Crippen molar-refractivity contribution < 1.29 is 28.6 Å². The van der Waals surface area contributed by atoms with Crippen molar-refractivity contribution in [1.29, 1.82) is 0 Å². The van der Waals surface area contributed by atoms with Crippen LogP contribution in [0, 0.1) is 17.8 Å². The molecule has 0 aliphatic heterocycles. The topological polar surface area (TPSA) is 78.9 Å². The number of ether oxygens (including phenoxy) is 3. The molecule has 0 spiro atoms. The molecule has 1 fully saturated rings. The summed E-state index contributed by atoms with van der Waals surface area (Å²) in [6.45, 7) is 10.5. The van der Waals surface area contributed by atoms with Gasteiger partial charge in [0.05, 0.1) is 18.8 Å². The second kappa shape index (κ2) is 13.6. The third-order valence-electron chi connectivity index (χ3n) is 6.59. The molecule has 3 rings (SSSR count). The first-order valence-corrected chi connectivity index (χ1v) is 12.9. The van der Waals surface area contributed by atoms with Gasteiger partial charge in [-0.1, -0.05) is 39.5 Å². The van der Waals surface area contributed by atoms with Gasteiger partial charge in [-0.05, 0) is 91.1 Å². The number of hydrogen-bond donors (Lipinski definition) is 0. The standard InChI is InChI=1S/C31H36O6/c1-5-29(32)36-19-7-6-18-35-25-15-11-24(12-16-25)31(34)37-26-13-9-23(10-14-26)20-28-22(4)8-17-27(21(2)3)30(28)33/h5,9-16,20-22,27H,1,6-8,17-19H2,2-4H3/b28-20+/t22-,27+/m1/s1. The minimum atomic E-state index is -0.461. The molecule has 2 aromatic rings. The van der Waals surface area contributed by atoms with Crippen molar-refractivity contribution >= 4 is 23.8 Å². The van der Waals surface area contributed by atoms with Crippen LogP contribution in [0.3, 0.4) is 0 Å². The molecule has 6 heteroatoms. The first kappa shape index (κ1) is 27.9. The first-order chi connectivity index (χ1) is 17.8. The second-order valence-corrected chi connectivity index (χ2v) is 9.70. The molecule has 0 saturated heterocycles. The van der Waals surface area contributed by atoms with Crippen LogP contribution in [0.5, 0.6) is 11.5 Å². The molecule has 1 aliphatic carbocycles. The summed E-state index contributed by atoms with van der Waals surface area (Å²) in [6.07, 6.45) is 6.50. The summed E-state index contributed by atoms with van der Waals surface area (Å²) in [4.78, 5) is 36.5. The molecule has 0 radical (unpaired) electrons. The number of ketones is 1. The van der Waals surface area contributed by atoms with Gasteiger partial charge in [0.1, 0.15) is 11.5 Å². The molecule has 1 aliphatic rings. The molecule has 0 bridgehead atoms. The van der Waals surface area contributed by atoms with E-state index in [1.807, 2.05) is 18.2 Å². The van der Waals surface area contributed by atoms with Crippen LogP contribution in [0.25, 0.3) is 6.08 Å². The predicted octanol–water partition coefficient (Wildman–Crippen LogP) is 6.45. The van der Waals surface area contributed by atoms with E-state index in [-0.39, 0.29) is 17.6 Å². The predicted molar refractivity (Wildman–Crippen MR) is 143 cm³/mol. The van der Waals surface area contributed by atoms with Crippen molar-refractivity contribution in [3.05, 3.63) is 77.9 Å². The van der Waals surface area contributed by atoms with E-state index in [1.54, 1.807) is 36.4 Å². The Hall–Kier alpha value is -3.67. The van der Waals surface area contributed by atoms with Gasteiger partial charge in [0.15, 0.2) is 5.78 Å². The van der Waals surface area contributed by atoms with Crippen LogP contribution in [0.1, 0.15) is 62.4 Å². The van der Waals surface area contributed by atoms with E-state index in [0.29, 0.717) is 42.6 Å². The van der Waals surface area contributed by atoms with Crippen LogP contribution in [0.15, 0.2) is 66.8 Å². The molecule has 0 aromatic heterocycles. The third-order valence-corrected chi connectivity index (χ3v) is 6.59. The average molecular weight is 505 g/mol. The number of esters is 2. The minimum absolute atomic E-state index is 0.0911. The van der Waals surface area contributed by atoms with Crippen LogP contribution in [0.2, 0.25) is 0 Å². The molecule has 6 nitrogen and oxygen atoms in total. The molecular formula is C31H36O6. The molecular weight excluding hydrogens is 468 g/mol. The van der Waals surface area contributed by atoms with Crippen LogP contribution < -0.4 is 9.47 Å². The highest BCUT2D eigenvalue weighted by atomic mass is 16.5. The fourth-order valence-electron chi connectivity index (χ4n) is 4.31. The number of allylic oxidation sites excluding steroid dienone is 1. The summed E-state index contributed by atoms with van der Waals surface area (Å²) in [7, 11) is 0. The number of carbonyl (C=O) groups excluding carboxylic acids is 3. The maximum absolute atomic E-state index is 12.9. The van der Waals surface area contributed by atoms with E-state index in [9.17, 15) is 14.4 Å². The lowest BCUT2D eigenvalue weighted by Gasteiger charge is -2.30. The molecule has 0 unspecified atom stereocenters. The quantitative estimate of drug-likeness (QED) is 0.151. The van der Waals surface area contributed by atoms with Gasteiger partial charge in [0, 0.05) is 12.0 Å². The summed E-state index contributed by atoms with van der Waals surface area (Å²) in [5, 5.41) is 0. The van der Waals surface area contributed by atoms with Crippen molar-refractivity contribution in [3.63, 3.8) is 0 Å². The van der Waals surface area contributed by atoms with Gasteiger partial charge in [-0.2, -0.15) is 0 Å². The molecule has 0 N–H and O–H groups in total. The highest BCUT2D eigenvalue weighted by molar-refractivity contribution is 6.02. The average Bonchev–Trinajstić information content (AvgIpc) is 2.89. The lowest BCUT2D eigenvalue weighted by atomic mass is 9.73.